The van der Waals surface area contributed by atoms with Crippen molar-refractivity contribution in [1.29, 1.82) is 0 Å². The maximum atomic E-state index is 13.2. The second kappa shape index (κ2) is 9.52. The molecule has 5 nitrogen and oxygen atoms in total. The summed E-state index contributed by atoms with van der Waals surface area (Å²) in [5.74, 6) is 1.01. The van der Waals surface area contributed by atoms with Gasteiger partial charge in [-0.05, 0) is 48.7 Å². The maximum Gasteiger partial charge on any atom is 0.191 e. The number of phenolic OH excluding ortho intramolecular Hbond substituents is 1. The zero-order valence-electron chi connectivity index (χ0n) is 14.6. The number of nitrogens with one attached hydrogen (secondary N) is 2. The summed E-state index contributed by atoms with van der Waals surface area (Å²) in [7, 11) is 1.53. The smallest absolute Gasteiger partial charge is 0.191 e. The first-order valence-corrected chi connectivity index (χ1v) is 8.25. The van der Waals surface area contributed by atoms with Gasteiger partial charge in [0.1, 0.15) is 5.82 Å². The molecule has 134 valence electrons. The van der Waals surface area contributed by atoms with E-state index in [0.29, 0.717) is 24.8 Å². The summed E-state index contributed by atoms with van der Waals surface area (Å²) in [6.45, 7) is 3.80. The Morgan fingerprint density at radius 3 is 2.72 bits per heavy atom. The minimum atomic E-state index is -0.257. The third kappa shape index (κ3) is 5.99. The molecule has 6 heteroatoms. The van der Waals surface area contributed by atoms with Gasteiger partial charge in [-0.15, -0.1) is 0 Å². The molecule has 3 N–H and O–H groups in total. The number of aromatic hydroxyl groups is 1. The molecule has 0 saturated carbocycles. The van der Waals surface area contributed by atoms with Crippen LogP contribution in [0.4, 0.5) is 4.39 Å². The highest BCUT2D eigenvalue weighted by Crippen LogP contribution is 2.26. The largest absolute Gasteiger partial charge is 0.504 e. The van der Waals surface area contributed by atoms with Crippen LogP contribution in [0.25, 0.3) is 0 Å². The van der Waals surface area contributed by atoms with Crippen LogP contribution in [-0.4, -0.2) is 31.3 Å². The normalized spacial score (nSPS) is 11.2. The number of ether oxygens (including phenoxy) is 1. The van der Waals surface area contributed by atoms with Crippen LogP contribution in [0, 0.1) is 5.82 Å². The zero-order chi connectivity index (χ0) is 18.1. The number of aliphatic imine (C=N–C) groups is 1. The van der Waals surface area contributed by atoms with E-state index in [0.717, 1.165) is 24.1 Å². The fourth-order valence-corrected chi connectivity index (χ4v) is 2.35. The predicted octanol–water partition coefficient (Wildman–Crippen LogP) is 2.84. The molecular weight excluding hydrogens is 321 g/mol. The van der Waals surface area contributed by atoms with Crippen LogP contribution in [0.5, 0.6) is 11.5 Å². The van der Waals surface area contributed by atoms with E-state index in [2.05, 4.69) is 15.6 Å². The van der Waals surface area contributed by atoms with Crippen LogP contribution in [0.2, 0.25) is 0 Å². The van der Waals surface area contributed by atoms with Crippen molar-refractivity contribution in [3.05, 3.63) is 59.4 Å². The van der Waals surface area contributed by atoms with Gasteiger partial charge in [-0.3, -0.25) is 0 Å². The average molecular weight is 345 g/mol. The quantitative estimate of drug-likeness (QED) is 0.533. The molecule has 0 unspecified atom stereocenters. The molecule has 0 radical (unpaired) electrons. The summed E-state index contributed by atoms with van der Waals surface area (Å²) >= 11 is 0. The molecule has 0 saturated heterocycles. The van der Waals surface area contributed by atoms with E-state index in [9.17, 15) is 9.50 Å². The Hall–Kier alpha value is -2.76. The lowest BCUT2D eigenvalue weighted by Gasteiger charge is -2.12. The Kier molecular flexibility index (Phi) is 7.07. The van der Waals surface area contributed by atoms with E-state index in [-0.39, 0.29) is 11.6 Å². The summed E-state index contributed by atoms with van der Waals surface area (Å²) in [5.41, 5.74) is 1.86. The van der Waals surface area contributed by atoms with Gasteiger partial charge in [0.05, 0.1) is 13.7 Å². The monoisotopic (exact) mass is 345 g/mol. The topological polar surface area (TPSA) is 65.9 Å². The Morgan fingerprint density at radius 2 is 2.00 bits per heavy atom. The van der Waals surface area contributed by atoms with Gasteiger partial charge in [-0.1, -0.05) is 18.2 Å². The van der Waals surface area contributed by atoms with Crippen LogP contribution in [-0.2, 0) is 13.0 Å². The standard InChI is InChI=1S/C19H24FN3O2/c1-3-21-19(23-13-15-5-4-6-16(20)11-15)22-10-9-14-7-8-17(24)18(12-14)25-2/h4-8,11-12,24H,3,9-10,13H2,1-2H3,(H2,21,22,23). The second-order valence-corrected chi connectivity index (χ2v) is 5.51. The number of guanidine groups is 1. The average Bonchev–Trinajstić information content (AvgIpc) is 2.61. The van der Waals surface area contributed by atoms with Crippen LogP contribution >= 0.6 is 0 Å². The lowest BCUT2D eigenvalue weighted by Crippen LogP contribution is -2.38. The van der Waals surface area contributed by atoms with Crippen molar-refractivity contribution in [2.75, 3.05) is 20.2 Å². The zero-order valence-corrected chi connectivity index (χ0v) is 14.6. The number of phenols is 1. The molecule has 2 rings (SSSR count). The van der Waals surface area contributed by atoms with Crippen LogP contribution < -0.4 is 15.4 Å². The molecule has 0 bridgehead atoms. The molecule has 0 aliphatic rings. The van der Waals surface area contributed by atoms with E-state index in [1.54, 1.807) is 12.1 Å². The molecule has 0 heterocycles. The summed E-state index contributed by atoms with van der Waals surface area (Å²) in [5, 5.41) is 16.0. The first-order valence-electron chi connectivity index (χ1n) is 8.25. The minimum absolute atomic E-state index is 0.129. The molecule has 0 fully saturated rings. The highest BCUT2D eigenvalue weighted by Gasteiger charge is 2.03. The molecule has 0 spiro atoms. The fourth-order valence-electron chi connectivity index (χ4n) is 2.35. The Balaban J connectivity index is 1.91. The lowest BCUT2D eigenvalue weighted by atomic mass is 10.1. The van der Waals surface area contributed by atoms with Crippen molar-refractivity contribution in [2.45, 2.75) is 19.9 Å². The van der Waals surface area contributed by atoms with Crippen molar-refractivity contribution in [2.24, 2.45) is 4.99 Å². The van der Waals surface area contributed by atoms with Gasteiger partial charge in [-0.2, -0.15) is 0 Å². The fraction of sp³-hybridized carbons (Fsp3) is 0.316. The molecule has 25 heavy (non-hydrogen) atoms. The van der Waals surface area contributed by atoms with E-state index < -0.39 is 0 Å². The third-order valence-electron chi connectivity index (χ3n) is 3.60. The molecule has 0 atom stereocenters. The Bertz CT molecular complexity index is 720. The van der Waals surface area contributed by atoms with Crippen molar-refractivity contribution in [3.8, 4) is 11.5 Å². The summed E-state index contributed by atoms with van der Waals surface area (Å²) < 4.78 is 18.3. The molecule has 0 amide bonds. The summed E-state index contributed by atoms with van der Waals surface area (Å²) in [6, 6.07) is 11.7. The van der Waals surface area contributed by atoms with Gasteiger partial charge in [0.15, 0.2) is 17.5 Å². The highest BCUT2D eigenvalue weighted by molar-refractivity contribution is 5.79. The first kappa shape index (κ1) is 18.6. The highest BCUT2D eigenvalue weighted by atomic mass is 19.1. The van der Waals surface area contributed by atoms with Crippen LogP contribution in [0.1, 0.15) is 18.1 Å². The Labute approximate surface area is 147 Å². The van der Waals surface area contributed by atoms with Gasteiger partial charge in [0.2, 0.25) is 0 Å². The summed E-state index contributed by atoms with van der Waals surface area (Å²) in [4.78, 5) is 4.47. The van der Waals surface area contributed by atoms with E-state index in [1.807, 2.05) is 25.1 Å². The van der Waals surface area contributed by atoms with E-state index in [1.165, 1.54) is 19.2 Å². The van der Waals surface area contributed by atoms with Gasteiger partial charge in [0, 0.05) is 13.1 Å². The number of nitrogens with zero attached hydrogens (tertiary/aromatic N) is 1. The number of rotatable bonds is 7. The predicted molar refractivity (Wildman–Crippen MR) is 97.6 cm³/mol. The third-order valence-corrected chi connectivity index (χ3v) is 3.60. The van der Waals surface area contributed by atoms with Gasteiger partial charge in [0.25, 0.3) is 0 Å². The molecule has 2 aromatic rings. The maximum absolute atomic E-state index is 13.2. The lowest BCUT2D eigenvalue weighted by molar-refractivity contribution is 0.373. The minimum Gasteiger partial charge on any atom is -0.504 e. The number of hydrogen-bond acceptors (Lipinski definition) is 3. The Morgan fingerprint density at radius 1 is 1.16 bits per heavy atom. The van der Waals surface area contributed by atoms with Crippen molar-refractivity contribution in [1.82, 2.24) is 10.6 Å². The number of halogens is 1. The summed E-state index contributed by atoms with van der Waals surface area (Å²) in [6.07, 6.45) is 0.751. The molecule has 0 aromatic heterocycles. The van der Waals surface area contributed by atoms with Gasteiger partial charge < -0.3 is 20.5 Å². The van der Waals surface area contributed by atoms with Crippen molar-refractivity contribution in [3.63, 3.8) is 0 Å². The van der Waals surface area contributed by atoms with E-state index >= 15 is 0 Å². The van der Waals surface area contributed by atoms with Crippen molar-refractivity contribution >= 4 is 5.96 Å². The van der Waals surface area contributed by atoms with Gasteiger partial charge in [-0.25, -0.2) is 9.38 Å². The van der Waals surface area contributed by atoms with Gasteiger partial charge >= 0.3 is 0 Å². The van der Waals surface area contributed by atoms with Crippen LogP contribution in [0.3, 0.4) is 0 Å². The first-order chi connectivity index (χ1) is 12.1. The number of benzene rings is 2. The van der Waals surface area contributed by atoms with E-state index in [4.69, 9.17) is 4.74 Å². The van der Waals surface area contributed by atoms with Crippen LogP contribution in [0.15, 0.2) is 47.5 Å². The molecule has 2 aromatic carbocycles. The number of methoxy groups -OCH3 is 1. The SMILES string of the molecule is CCNC(=NCc1cccc(F)c1)NCCc1ccc(O)c(OC)c1. The molecule has 0 aliphatic carbocycles. The molecule has 0 aliphatic heterocycles. The number of hydrogen-bond donors (Lipinski definition) is 3. The molecular formula is C19H24FN3O2. The second-order valence-electron chi connectivity index (χ2n) is 5.51. The van der Waals surface area contributed by atoms with Crippen molar-refractivity contribution < 1.29 is 14.2 Å².